The molecule has 29 heavy (non-hydrogen) atoms. The summed E-state index contributed by atoms with van der Waals surface area (Å²) in [7, 11) is 0. The molecule has 0 radical (unpaired) electrons. The fourth-order valence-electron chi connectivity index (χ4n) is 3.81. The van der Waals surface area contributed by atoms with Crippen LogP contribution >= 0.6 is 11.3 Å². The van der Waals surface area contributed by atoms with Gasteiger partial charge < -0.3 is 10.2 Å². The van der Waals surface area contributed by atoms with Gasteiger partial charge in [-0.3, -0.25) is 4.90 Å². The highest BCUT2D eigenvalue weighted by Crippen LogP contribution is 2.35. The number of fused-ring (bicyclic) bond motifs is 1. The van der Waals surface area contributed by atoms with Crippen LogP contribution in [0.4, 0.5) is 19.5 Å². The van der Waals surface area contributed by atoms with Crippen molar-refractivity contribution in [2.45, 2.75) is 12.6 Å². The predicted octanol–water partition coefficient (Wildman–Crippen LogP) is 4.55. The molecule has 3 heterocycles. The molecule has 1 saturated heterocycles. The SMILES string of the molecule is Fc1ccc(NC2=NCN(C3CN(Cc4ccccc4)C3)c3sccc32)cc1F. The van der Waals surface area contributed by atoms with Gasteiger partial charge in [0.2, 0.25) is 0 Å². The summed E-state index contributed by atoms with van der Waals surface area (Å²) in [5.41, 5.74) is 2.83. The molecule has 7 heteroatoms. The highest BCUT2D eigenvalue weighted by Gasteiger charge is 2.35. The molecular weight excluding hydrogens is 390 g/mol. The molecule has 3 aromatic rings. The van der Waals surface area contributed by atoms with Gasteiger partial charge in [-0.1, -0.05) is 30.3 Å². The zero-order chi connectivity index (χ0) is 19.8. The molecule has 0 spiro atoms. The van der Waals surface area contributed by atoms with Crippen LogP contribution in [-0.4, -0.2) is 36.5 Å². The number of hydrogen-bond donors (Lipinski definition) is 1. The number of benzene rings is 2. The second-order valence-corrected chi connectivity index (χ2v) is 8.24. The third kappa shape index (κ3) is 3.63. The summed E-state index contributed by atoms with van der Waals surface area (Å²) in [4.78, 5) is 9.47. The van der Waals surface area contributed by atoms with E-state index in [1.807, 2.05) is 17.5 Å². The Hall–Kier alpha value is -2.77. The molecular formula is C22H20F2N4S. The van der Waals surface area contributed by atoms with Crippen LogP contribution in [0.2, 0.25) is 0 Å². The van der Waals surface area contributed by atoms with E-state index >= 15 is 0 Å². The van der Waals surface area contributed by atoms with Crippen LogP contribution in [0.1, 0.15) is 11.1 Å². The minimum atomic E-state index is -0.869. The predicted molar refractivity (Wildman–Crippen MR) is 114 cm³/mol. The van der Waals surface area contributed by atoms with Crippen molar-refractivity contribution < 1.29 is 8.78 Å². The molecule has 1 aromatic heterocycles. The Morgan fingerprint density at radius 2 is 1.86 bits per heavy atom. The van der Waals surface area contributed by atoms with Gasteiger partial charge in [-0.2, -0.15) is 0 Å². The first kappa shape index (κ1) is 18.3. The summed E-state index contributed by atoms with van der Waals surface area (Å²) in [6.45, 7) is 3.54. The van der Waals surface area contributed by atoms with Crippen LogP contribution in [-0.2, 0) is 6.54 Å². The van der Waals surface area contributed by atoms with Crippen molar-refractivity contribution in [3.05, 3.63) is 82.7 Å². The normalized spacial score (nSPS) is 16.9. The van der Waals surface area contributed by atoms with Gasteiger partial charge in [0.25, 0.3) is 0 Å². The van der Waals surface area contributed by atoms with Crippen molar-refractivity contribution >= 4 is 27.9 Å². The summed E-state index contributed by atoms with van der Waals surface area (Å²) in [5.74, 6) is -1.02. The Morgan fingerprint density at radius 3 is 2.66 bits per heavy atom. The fraction of sp³-hybridized carbons (Fsp3) is 0.227. The molecule has 1 fully saturated rings. The molecule has 2 aromatic carbocycles. The Kier molecular flexibility index (Phi) is 4.77. The maximum atomic E-state index is 13.5. The topological polar surface area (TPSA) is 30.9 Å². The lowest BCUT2D eigenvalue weighted by molar-refractivity contribution is 0.136. The van der Waals surface area contributed by atoms with E-state index in [9.17, 15) is 8.78 Å². The molecule has 0 aliphatic carbocycles. The van der Waals surface area contributed by atoms with Crippen LogP contribution in [0.25, 0.3) is 0 Å². The van der Waals surface area contributed by atoms with E-state index in [4.69, 9.17) is 0 Å². The standard InChI is InChI=1S/C22H20F2N4S/c23-19-7-6-16(10-20(19)24)26-21-18-8-9-29-22(18)28(14-25-21)17-12-27(13-17)11-15-4-2-1-3-5-15/h1-10,17H,11-14H2,(H,25,26). The first-order valence-corrected chi connectivity index (χ1v) is 10.4. The highest BCUT2D eigenvalue weighted by molar-refractivity contribution is 7.14. The first-order chi connectivity index (χ1) is 14.2. The van der Waals surface area contributed by atoms with Gasteiger partial charge >= 0.3 is 0 Å². The van der Waals surface area contributed by atoms with Crippen molar-refractivity contribution in [3.8, 4) is 0 Å². The highest BCUT2D eigenvalue weighted by atomic mass is 32.1. The van der Waals surface area contributed by atoms with E-state index in [2.05, 4.69) is 44.4 Å². The van der Waals surface area contributed by atoms with E-state index in [0.29, 0.717) is 24.2 Å². The summed E-state index contributed by atoms with van der Waals surface area (Å²) in [5, 5.41) is 6.36. The van der Waals surface area contributed by atoms with Gasteiger partial charge in [-0.25, -0.2) is 13.8 Å². The lowest BCUT2D eigenvalue weighted by Gasteiger charge is -2.46. The van der Waals surface area contributed by atoms with Crippen molar-refractivity contribution in [1.82, 2.24) is 4.90 Å². The lowest BCUT2D eigenvalue weighted by atomic mass is 10.0. The van der Waals surface area contributed by atoms with Gasteiger partial charge in [0.1, 0.15) is 17.5 Å². The van der Waals surface area contributed by atoms with Gasteiger partial charge in [-0.05, 0) is 29.1 Å². The zero-order valence-electron chi connectivity index (χ0n) is 15.7. The average molecular weight is 410 g/mol. The minimum Gasteiger partial charge on any atom is -0.340 e. The van der Waals surface area contributed by atoms with Crippen LogP contribution in [0.5, 0.6) is 0 Å². The van der Waals surface area contributed by atoms with Crippen molar-refractivity contribution in [3.63, 3.8) is 0 Å². The molecule has 0 saturated carbocycles. The number of amidine groups is 1. The molecule has 148 valence electrons. The van der Waals surface area contributed by atoms with Gasteiger partial charge in [-0.15, -0.1) is 11.3 Å². The van der Waals surface area contributed by atoms with Crippen molar-refractivity contribution in [2.24, 2.45) is 4.99 Å². The number of rotatable bonds is 4. The molecule has 5 rings (SSSR count). The fourth-order valence-corrected chi connectivity index (χ4v) is 4.78. The molecule has 4 nitrogen and oxygen atoms in total. The van der Waals surface area contributed by atoms with Crippen molar-refractivity contribution in [1.29, 1.82) is 0 Å². The number of nitrogens with one attached hydrogen (secondary N) is 1. The van der Waals surface area contributed by atoms with E-state index in [1.54, 1.807) is 11.3 Å². The Morgan fingerprint density at radius 1 is 1.03 bits per heavy atom. The van der Waals surface area contributed by atoms with Gasteiger partial charge in [0.05, 0.1) is 11.6 Å². The smallest absolute Gasteiger partial charge is 0.160 e. The number of hydrogen-bond acceptors (Lipinski definition) is 5. The third-order valence-corrected chi connectivity index (χ3v) is 6.30. The largest absolute Gasteiger partial charge is 0.340 e. The second kappa shape index (κ2) is 7.57. The lowest BCUT2D eigenvalue weighted by Crippen LogP contribution is -2.59. The second-order valence-electron chi connectivity index (χ2n) is 7.34. The summed E-state index contributed by atoms with van der Waals surface area (Å²) in [6.07, 6.45) is 0. The Labute approximate surface area is 172 Å². The van der Waals surface area contributed by atoms with Crippen LogP contribution in [0.15, 0.2) is 65.0 Å². The third-order valence-electron chi connectivity index (χ3n) is 5.35. The summed E-state index contributed by atoms with van der Waals surface area (Å²) in [6, 6.07) is 16.8. The van der Waals surface area contributed by atoms with Crippen LogP contribution in [0.3, 0.4) is 0 Å². The van der Waals surface area contributed by atoms with Gasteiger partial charge in [0.15, 0.2) is 11.6 Å². The van der Waals surface area contributed by atoms with E-state index in [0.717, 1.165) is 37.3 Å². The Bertz CT molecular complexity index is 1040. The molecule has 1 N–H and O–H groups in total. The molecule has 2 aliphatic rings. The maximum Gasteiger partial charge on any atom is 0.160 e. The van der Waals surface area contributed by atoms with Crippen LogP contribution in [0, 0.1) is 11.6 Å². The molecule has 0 atom stereocenters. The summed E-state index contributed by atoms with van der Waals surface area (Å²) < 4.78 is 26.7. The quantitative estimate of drug-likeness (QED) is 0.685. The van der Waals surface area contributed by atoms with Crippen molar-refractivity contribution in [2.75, 3.05) is 30.0 Å². The first-order valence-electron chi connectivity index (χ1n) is 9.55. The van der Waals surface area contributed by atoms with E-state index in [1.165, 1.54) is 16.6 Å². The Balaban J connectivity index is 1.26. The number of nitrogens with zero attached hydrogens (tertiary/aromatic N) is 3. The molecule has 0 unspecified atom stereocenters. The van der Waals surface area contributed by atoms with Gasteiger partial charge in [0, 0.05) is 31.4 Å². The maximum absolute atomic E-state index is 13.5. The molecule has 2 aliphatic heterocycles. The number of thiophene rings is 1. The molecule has 0 bridgehead atoms. The van der Waals surface area contributed by atoms with E-state index < -0.39 is 11.6 Å². The zero-order valence-corrected chi connectivity index (χ0v) is 16.5. The van der Waals surface area contributed by atoms with Crippen LogP contribution < -0.4 is 10.2 Å². The summed E-state index contributed by atoms with van der Waals surface area (Å²) >= 11 is 1.69. The molecule has 0 amide bonds. The number of anilines is 2. The number of likely N-dealkylation sites (tertiary alicyclic amines) is 1. The van der Waals surface area contributed by atoms with E-state index in [-0.39, 0.29) is 0 Å². The number of halogens is 2. The number of aliphatic imine (C=N–C) groups is 1. The minimum absolute atomic E-state index is 0.435. The monoisotopic (exact) mass is 410 g/mol. The average Bonchev–Trinajstić information content (AvgIpc) is 3.19.